The summed E-state index contributed by atoms with van der Waals surface area (Å²) in [6.07, 6.45) is 8.17. The Morgan fingerprint density at radius 3 is 3.18 bits per heavy atom. The molecule has 1 unspecified atom stereocenters. The number of hydrazine groups is 1. The van der Waals surface area contributed by atoms with Gasteiger partial charge in [0.15, 0.2) is 0 Å². The molecule has 1 fully saturated rings. The van der Waals surface area contributed by atoms with Crippen LogP contribution in [0.1, 0.15) is 37.4 Å². The Bertz CT molecular complexity index is 511. The van der Waals surface area contributed by atoms with E-state index in [2.05, 4.69) is 14.3 Å². The number of hydrogen-bond donors (Lipinski definition) is 1. The Balaban J connectivity index is 2.03. The molecule has 0 bridgehead atoms. The van der Waals surface area contributed by atoms with Gasteiger partial charge in [-0.25, -0.2) is 15.0 Å². The third-order valence-electron chi connectivity index (χ3n) is 3.31. The van der Waals surface area contributed by atoms with Crippen molar-refractivity contribution in [1.29, 1.82) is 0 Å². The molecule has 3 rings (SSSR count). The van der Waals surface area contributed by atoms with Crippen molar-refractivity contribution in [3.8, 4) is 0 Å². The molecular formula is C11H15N5S. The summed E-state index contributed by atoms with van der Waals surface area (Å²) in [5.74, 6) is 6.13. The summed E-state index contributed by atoms with van der Waals surface area (Å²) in [7, 11) is 0. The van der Waals surface area contributed by atoms with E-state index in [-0.39, 0.29) is 6.04 Å². The van der Waals surface area contributed by atoms with Crippen LogP contribution in [-0.2, 0) is 0 Å². The third-order valence-corrected chi connectivity index (χ3v) is 4.02. The average Bonchev–Trinajstić information content (AvgIpc) is 2.72. The van der Waals surface area contributed by atoms with E-state index >= 15 is 0 Å². The zero-order valence-corrected chi connectivity index (χ0v) is 10.4. The van der Waals surface area contributed by atoms with E-state index in [1.807, 2.05) is 11.2 Å². The maximum Gasteiger partial charge on any atom is 0.147 e. The quantitative estimate of drug-likeness (QED) is 0.781. The molecule has 0 aliphatic carbocycles. The standard InChI is InChI=1S/C11H15N5S/c12-16-5-3-1-2-4-9(16)10-8-6-15-17-11(8)14-7-13-10/h6-7,9H,1-5,12H2. The van der Waals surface area contributed by atoms with Crippen LogP contribution in [0.25, 0.3) is 10.2 Å². The maximum atomic E-state index is 6.13. The minimum atomic E-state index is 0.208. The second-order valence-corrected chi connectivity index (χ2v) is 5.19. The number of hydrogen-bond acceptors (Lipinski definition) is 6. The van der Waals surface area contributed by atoms with Gasteiger partial charge < -0.3 is 0 Å². The first-order valence-electron chi connectivity index (χ1n) is 5.93. The molecule has 2 aromatic heterocycles. The second kappa shape index (κ2) is 4.64. The van der Waals surface area contributed by atoms with Crippen LogP contribution < -0.4 is 5.84 Å². The monoisotopic (exact) mass is 249 g/mol. The number of nitrogens with two attached hydrogens (primary N) is 1. The van der Waals surface area contributed by atoms with Crippen molar-refractivity contribution in [2.24, 2.45) is 5.84 Å². The molecule has 0 amide bonds. The summed E-state index contributed by atoms with van der Waals surface area (Å²) in [4.78, 5) is 9.61. The first kappa shape index (κ1) is 11.0. The molecule has 0 saturated carbocycles. The van der Waals surface area contributed by atoms with Gasteiger partial charge in [-0.2, -0.15) is 4.37 Å². The van der Waals surface area contributed by atoms with Gasteiger partial charge in [-0.1, -0.05) is 12.8 Å². The van der Waals surface area contributed by atoms with Crippen LogP contribution >= 0.6 is 11.5 Å². The van der Waals surface area contributed by atoms with Crippen molar-refractivity contribution in [1.82, 2.24) is 19.4 Å². The Kier molecular flexibility index (Phi) is 3.00. The molecule has 1 aliphatic rings. The lowest BCUT2D eigenvalue weighted by Crippen LogP contribution is -2.35. The predicted octanol–water partition coefficient (Wildman–Crippen LogP) is 1.88. The lowest BCUT2D eigenvalue weighted by Gasteiger charge is -2.24. The van der Waals surface area contributed by atoms with Crippen LogP contribution in [0.4, 0.5) is 0 Å². The molecule has 1 atom stereocenters. The van der Waals surface area contributed by atoms with Crippen molar-refractivity contribution in [3.63, 3.8) is 0 Å². The minimum absolute atomic E-state index is 0.208. The summed E-state index contributed by atoms with van der Waals surface area (Å²) in [6.45, 7) is 0.938. The van der Waals surface area contributed by atoms with Gasteiger partial charge in [-0.3, -0.25) is 5.84 Å². The lowest BCUT2D eigenvalue weighted by molar-refractivity contribution is 0.204. The Morgan fingerprint density at radius 1 is 1.29 bits per heavy atom. The van der Waals surface area contributed by atoms with Crippen molar-refractivity contribution in [3.05, 3.63) is 18.2 Å². The fourth-order valence-electron chi connectivity index (χ4n) is 2.41. The van der Waals surface area contributed by atoms with E-state index < -0.39 is 0 Å². The topological polar surface area (TPSA) is 67.9 Å². The molecule has 1 saturated heterocycles. The fraction of sp³-hybridized carbons (Fsp3) is 0.545. The molecule has 2 aromatic rings. The van der Waals surface area contributed by atoms with Crippen LogP contribution in [-0.4, -0.2) is 25.9 Å². The number of aromatic nitrogens is 3. The molecule has 6 heteroatoms. The molecule has 0 spiro atoms. The molecule has 3 heterocycles. The second-order valence-electron chi connectivity index (χ2n) is 4.41. The largest absolute Gasteiger partial charge is 0.268 e. The number of nitrogens with zero attached hydrogens (tertiary/aromatic N) is 4. The van der Waals surface area contributed by atoms with Gasteiger partial charge in [0, 0.05) is 6.54 Å². The van der Waals surface area contributed by atoms with Crippen molar-refractivity contribution in [2.45, 2.75) is 31.7 Å². The highest BCUT2D eigenvalue weighted by Crippen LogP contribution is 2.31. The highest BCUT2D eigenvalue weighted by atomic mass is 32.1. The molecule has 0 aromatic carbocycles. The van der Waals surface area contributed by atoms with E-state index in [1.54, 1.807) is 6.33 Å². The summed E-state index contributed by atoms with van der Waals surface area (Å²) in [6, 6.07) is 0.208. The lowest BCUT2D eigenvalue weighted by atomic mass is 10.1. The Labute approximate surface area is 104 Å². The van der Waals surface area contributed by atoms with E-state index in [1.165, 1.54) is 30.8 Å². The molecule has 1 aliphatic heterocycles. The molecule has 0 radical (unpaired) electrons. The van der Waals surface area contributed by atoms with Crippen molar-refractivity contribution in [2.75, 3.05) is 6.54 Å². The van der Waals surface area contributed by atoms with Crippen molar-refractivity contribution < 1.29 is 0 Å². The maximum absolute atomic E-state index is 6.13. The zero-order valence-electron chi connectivity index (χ0n) is 9.54. The summed E-state index contributed by atoms with van der Waals surface area (Å²) in [5, 5.41) is 2.98. The summed E-state index contributed by atoms with van der Waals surface area (Å²) >= 11 is 1.41. The average molecular weight is 249 g/mol. The smallest absolute Gasteiger partial charge is 0.147 e. The van der Waals surface area contributed by atoms with Gasteiger partial charge in [0.1, 0.15) is 11.2 Å². The summed E-state index contributed by atoms with van der Waals surface area (Å²) in [5.41, 5.74) is 1.04. The molecule has 5 nitrogen and oxygen atoms in total. The molecular weight excluding hydrogens is 234 g/mol. The SMILES string of the molecule is NN1CCCCCC1c1ncnc2sncc12. The van der Waals surface area contributed by atoms with Crippen LogP contribution in [0.2, 0.25) is 0 Å². The van der Waals surface area contributed by atoms with Gasteiger partial charge in [0.25, 0.3) is 0 Å². The minimum Gasteiger partial charge on any atom is -0.268 e. The normalized spacial score (nSPS) is 22.8. The van der Waals surface area contributed by atoms with Crippen LogP contribution in [0.5, 0.6) is 0 Å². The van der Waals surface area contributed by atoms with Gasteiger partial charge in [0.2, 0.25) is 0 Å². The van der Waals surface area contributed by atoms with E-state index in [4.69, 9.17) is 5.84 Å². The van der Waals surface area contributed by atoms with Crippen LogP contribution in [0.15, 0.2) is 12.5 Å². The van der Waals surface area contributed by atoms with Gasteiger partial charge in [0.05, 0.1) is 23.3 Å². The number of fused-ring (bicyclic) bond motifs is 1. The Morgan fingerprint density at radius 2 is 2.24 bits per heavy atom. The first-order valence-corrected chi connectivity index (χ1v) is 6.70. The van der Waals surface area contributed by atoms with Gasteiger partial charge in [-0.15, -0.1) is 0 Å². The highest BCUT2D eigenvalue weighted by molar-refractivity contribution is 7.12. The molecule has 90 valence electrons. The van der Waals surface area contributed by atoms with Crippen LogP contribution in [0, 0.1) is 0 Å². The van der Waals surface area contributed by atoms with E-state index in [9.17, 15) is 0 Å². The summed E-state index contributed by atoms with van der Waals surface area (Å²) < 4.78 is 4.19. The van der Waals surface area contributed by atoms with Crippen LogP contribution in [0.3, 0.4) is 0 Å². The molecule has 17 heavy (non-hydrogen) atoms. The fourth-order valence-corrected chi connectivity index (χ4v) is 3.01. The molecule has 2 N–H and O–H groups in total. The van der Waals surface area contributed by atoms with Gasteiger partial charge >= 0.3 is 0 Å². The third kappa shape index (κ3) is 2.03. The number of rotatable bonds is 1. The van der Waals surface area contributed by atoms with Gasteiger partial charge in [-0.05, 0) is 24.4 Å². The van der Waals surface area contributed by atoms with E-state index in [0.29, 0.717) is 0 Å². The first-order chi connectivity index (χ1) is 8.36. The van der Waals surface area contributed by atoms with Crippen molar-refractivity contribution >= 4 is 21.7 Å². The Hall–Kier alpha value is -1.11. The van der Waals surface area contributed by atoms with E-state index in [0.717, 1.165) is 28.9 Å². The predicted molar refractivity (Wildman–Crippen MR) is 67.3 cm³/mol. The zero-order chi connectivity index (χ0) is 11.7. The highest BCUT2D eigenvalue weighted by Gasteiger charge is 2.23.